The molecule has 2 N–H and O–H groups in total. The molecular weight excluding hydrogens is 289 g/mol. The van der Waals surface area contributed by atoms with Crippen molar-refractivity contribution in [2.75, 3.05) is 0 Å². The average Bonchev–Trinajstić information content (AvgIpc) is 3.03. The zero-order valence-corrected chi connectivity index (χ0v) is 13.5. The summed E-state index contributed by atoms with van der Waals surface area (Å²) in [4.78, 5) is 7.81. The molecule has 0 spiro atoms. The van der Waals surface area contributed by atoms with Crippen LogP contribution in [-0.2, 0) is 13.0 Å². The number of halogens is 1. The van der Waals surface area contributed by atoms with Crippen LogP contribution in [0.1, 0.15) is 25.1 Å². The third-order valence-electron chi connectivity index (χ3n) is 4.46. The number of fused-ring (bicyclic) bond motifs is 1. The second-order valence-corrected chi connectivity index (χ2v) is 6.18. The first kappa shape index (κ1) is 15.7. The van der Waals surface area contributed by atoms with Crippen molar-refractivity contribution in [2.45, 2.75) is 32.9 Å². The molecule has 0 aliphatic carbocycles. The Bertz CT molecular complexity index is 764. The van der Waals surface area contributed by atoms with E-state index >= 15 is 0 Å². The van der Waals surface area contributed by atoms with Crippen molar-refractivity contribution in [1.29, 1.82) is 0 Å². The summed E-state index contributed by atoms with van der Waals surface area (Å²) < 4.78 is 12.9. The van der Waals surface area contributed by atoms with Crippen LogP contribution in [0.4, 0.5) is 4.39 Å². The summed E-state index contributed by atoms with van der Waals surface area (Å²) >= 11 is 0. The second kappa shape index (κ2) is 6.92. The highest BCUT2D eigenvalue weighted by Gasteiger charge is 2.15. The minimum atomic E-state index is -0.194. The third-order valence-corrected chi connectivity index (χ3v) is 4.46. The van der Waals surface area contributed by atoms with Gasteiger partial charge in [0.25, 0.3) is 0 Å². The van der Waals surface area contributed by atoms with E-state index in [0.717, 1.165) is 29.7 Å². The second-order valence-electron chi connectivity index (χ2n) is 6.18. The molecule has 2 aromatic heterocycles. The van der Waals surface area contributed by atoms with Gasteiger partial charge in [0.1, 0.15) is 5.82 Å². The molecule has 0 amide bonds. The van der Waals surface area contributed by atoms with Gasteiger partial charge in [-0.2, -0.15) is 0 Å². The predicted molar refractivity (Wildman–Crippen MR) is 91.7 cm³/mol. The number of rotatable bonds is 6. The molecule has 2 unspecified atom stereocenters. The van der Waals surface area contributed by atoms with E-state index in [1.807, 2.05) is 30.6 Å². The smallest absolute Gasteiger partial charge is 0.123 e. The fourth-order valence-corrected chi connectivity index (χ4v) is 2.76. The predicted octanol–water partition coefficient (Wildman–Crippen LogP) is 4.06. The number of hydrogen-bond acceptors (Lipinski definition) is 2. The van der Waals surface area contributed by atoms with Gasteiger partial charge in [-0.3, -0.25) is 4.98 Å². The van der Waals surface area contributed by atoms with Crippen LogP contribution < -0.4 is 5.32 Å². The number of nitrogens with zero attached hydrogens (tertiary/aromatic N) is 1. The highest BCUT2D eigenvalue weighted by atomic mass is 19.1. The summed E-state index contributed by atoms with van der Waals surface area (Å²) in [6.45, 7) is 5.15. The van der Waals surface area contributed by atoms with Crippen molar-refractivity contribution in [3.05, 3.63) is 65.9 Å². The lowest BCUT2D eigenvalue weighted by Crippen LogP contribution is -2.32. The van der Waals surface area contributed by atoms with E-state index in [9.17, 15) is 4.39 Å². The summed E-state index contributed by atoms with van der Waals surface area (Å²) in [5.41, 5.74) is 3.33. The Morgan fingerprint density at radius 1 is 1.13 bits per heavy atom. The Balaban J connectivity index is 1.60. The molecule has 0 aliphatic rings. The van der Waals surface area contributed by atoms with Gasteiger partial charge in [0, 0.05) is 30.4 Å². The van der Waals surface area contributed by atoms with Gasteiger partial charge in [0.15, 0.2) is 0 Å². The number of benzene rings is 1. The quantitative estimate of drug-likeness (QED) is 0.721. The zero-order valence-electron chi connectivity index (χ0n) is 13.5. The van der Waals surface area contributed by atoms with Gasteiger partial charge in [-0.15, -0.1) is 0 Å². The van der Waals surface area contributed by atoms with Gasteiger partial charge in [-0.25, -0.2) is 4.39 Å². The van der Waals surface area contributed by atoms with E-state index in [1.54, 1.807) is 0 Å². The van der Waals surface area contributed by atoms with E-state index < -0.39 is 0 Å². The number of aromatic amines is 1. The van der Waals surface area contributed by atoms with Crippen LogP contribution in [0.25, 0.3) is 10.9 Å². The molecule has 0 saturated carbocycles. The Kier molecular flexibility index (Phi) is 4.72. The standard InChI is InChI=1S/C19H22FN3/c1-13(11-18-19-16(7-9-21-18)8-10-22-19)14(2)23-12-15-3-5-17(20)6-4-15/h3-10,13-14,22-23H,11-12H2,1-2H3. The molecule has 23 heavy (non-hydrogen) atoms. The summed E-state index contributed by atoms with van der Waals surface area (Å²) in [5.74, 6) is 0.247. The summed E-state index contributed by atoms with van der Waals surface area (Å²) in [7, 11) is 0. The molecule has 0 saturated heterocycles. The number of hydrogen-bond donors (Lipinski definition) is 2. The Morgan fingerprint density at radius 2 is 1.91 bits per heavy atom. The average molecular weight is 311 g/mol. The first-order valence-electron chi connectivity index (χ1n) is 8.02. The molecule has 0 aliphatic heterocycles. The third kappa shape index (κ3) is 3.77. The van der Waals surface area contributed by atoms with Crippen molar-refractivity contribution >= 4 is 10.9 Å². The van der Waals surface area contributed by atoms with E-state index in [1.165, 1.54) is 17.5 Å². The minimum Gasteiger partial charge on any atom is -0.360 e. The highest BCUT2D eigenvalue weighted by Crippen LogP contribution is 2.19. The molecule has 4 heteroatoms. The van der Waals surface area contributed by atoms with Crippen LogP contribution in [0.3, 0.4) is 0 Å². The van der Waals surface area contributed by atoms with E-state index in [2.05, 4.69) is 35.2 Å². The molecule has 0 radical (unpaired) electrons. The molecule has 3 rings (SSSR count). The fourth-order valence-electron chi connectivity index (χ4n) is 2.76. The van der Waals surface area contributed by atoms with Gasteiger partial charge in [0.05, 0.1) is 11.2 Å². The van der Waals surface area contributed by atoms with Crippen LogP contribution in [0.2, 0.25) is 0 Å². The summed E-state index contributed by atoms with van der Waals surface area (Å²) in [6, 6.07) is 11.1. The van der Waals surface area contributed by atoms with Gasteiger partial charge in [-0.1, -0.05) is 19.1 Å². The molecule has 120 valence electrons. The van der Waals surface area contributed by atoms with E-state index in [-0.39, 0.29) is 5.82 Å². The van der Waals surface area contributed by atoms with Gasteiger partial charge in [-0.05, 0) is 49.1 Å². The van der Waals surface area contributed by atoms with Crippen LogP contribution in [0.5, 0.6) is 0 Å². The summed E-state index contributed by atoms with van der Waals surface area (Å²) in [5, 5.41) is 4.72. The Hall–Kier alpha value is -2.20. The molecule has 3 nitrogen and oxygen atoms in total. The topological polar surface area (TPSA) is 40.7 Å². The molecule has 0 fully saturated rings. The van der Waals surface area contributed by atoms with Crippen molar-refractivity contribution in [3.8, 4) is 0 Å². The zero-order chi connectivity index (χ0) is 16.2. The van der Waals surface area contributed by atoms with Crippen molar-refractivity contribution in [2.24, 2.45) is 5.92 Å². The van der Waals surface area contributed by atoms with Gasteiger partial charge in [0.2, 0.25) is 0 Å². The Labute approximate surface area is 136 Å². The van der Waals surface area contributed by atoms with Crippen LogP contribution in [0, 0.1) is 11.7 Å². The number of pyridine rings is 1. The maximum Gasteiger partial charge on any atom is 0.123 e. The molecule has 3 aromatic rings. The Morgan fingerprint density at radius 3 is 2.70 bits per heavy atom. The number of nitrogens with one attached hydrogen (secondary N) is 2. The van der Waals surface area contributed by atoms with Gasteiger partial charge < -0.3 is 10.3 Å². The SMILES string of the molecule is CC(Cc1nccc2cc[nH]c12)C(C)NCc1ccc(F)cc1. The highest BCUT2D eigenvalue weighted by molar-refractivity contribution is 5.80. The van der Waals surface area contributed by atoms with E-state index in [0.29, 0.717) is 12.0 Å². The van der Waals surface area contributed by atoms with Crippen LogP contribution in [0.15, 0.2) is 48.8 Å². The fraction of sp³-hybridized carbons (Fsp3) is 0.316. The van der Waals surface area contributed by atoms with E-state index in [4.69, 9.17) is 0 Å². The lowest BCUT2D eigenvalue weighted by molar-refractivity contribution is 0.395. The van der Waals surface area contributed by atoms with Crippen molar-refractivity contribution in [1.82, 2.24) is 15.3 Å². The first-order chi connectivity index (χ1) is 11.1. The van der Waals surface area contributed by atoms with Crippen molar-refractivity contribution < 1.29 is 4.39 Å². The monoisotopic (exact) mass is 311 g/mol. The molecule has 2 atom stereocenters. The van der Waals surface area contributed by atoms with Crippen LogP contribution in [-0.4, -0.2) is 16.0 Å². The first-order valence-corrected chi connectivity index (χ1v) is 8.02. The lowest BCUT2D eigenvalue weighted by Gasteiger charge is -2.21. The molecular formula is C19H22FN3. The molecule has 1 aromatic carbocycles. The largest absolute Gasteiger partial charge is 0.360 e. The molecule has 2 heterocycles. The number of H-pyrrole nitrogens is 1. The molecule has 0 bridgehead atoms. The van der Waals surface area contributed by atoms with Gasteiger partial charge >= 0.3 is 0 Å². The maximum absolute atomic E-state index is 12.9. The normalized spacial score (nSPS) is 14.0. The lowest BCUT2D eigenvalue weighted by atomic mass is 9.96. The number of aromatic nitrogens is 2. The van der Waals surface area contributed by atoms with Crippen LogP contribution >= 0.6 is 0 Å². The van der Waals surface area contributed by atoms with Crippen molar-refractivity contribution in [3.63, 3.8) is 0 Å². The summed E-state index contributed by atoms with van der Waals surface area (Å²) in [6.07, 6.45) is 4.74. The minimum absolute atomic E-state index is 0.194. The maximum atomic E-state index is 12.9.